The number of anilines is 1. The topological polar surface area (TPSA) is 27.6 Å². The SMILES string of the molecule is C.C=CNc1ccccc1N=C(C1CC2CCCC(C1)N2CC)P(C)C.CC1(C)C2CCCC1C2. The molecule has 2 saturated heterocycles. The number of fused-ring (bicyclic) bond motifs is 4. The smallest absolute Gasteiger partial charge is 0.0868 e. The molecular weight excluding hydrogens is 445 g/mol. The van der Waals surface area contributed by atoms with Crippen molar-refractivity contribution < 1.29 is 0 Å². The lowest BCUT2D eigenvalue weighted by molar-refractivity contribution is -0.0646. The predicted molar refractivity (Wildman–Crippen MR) is 159 cm³/mol. The number of nitrogens with zero attached hydrogens (tertiary/aromatic N) is 2. The van der Waals surface area contributed by atoms with Gasteiger partial charge >= 0.3 is 0 Å². The molecule has 3 aliphatic carbocycles. The minimum Gasteiger partial charge on any atom is -0.361 e. The van der Waals surface area contributed by atoms with E-state index in [-0.39, 0.29) is 15.3 Å². The molecule has 35 heavy (non-hydrogen) atoms. The van der Waals surface area contributed by atoms with Gasteiger partial charge in [-0.05, 0) is 100 Å². The Balaban J connectivity index is 0.000000285. The van der Waals surface area contributed by atoms with E-state index in [0.717, 1.165) is 40.7 Å². The van der Waals surface area contributed by atoms with Crippen molar-refractivity contribution in [3.05, 3.63) is 37.0 Å². The molecule has 5 fully saturated rings. The first kappa shape index (κ1) is 28.4. The van der Waals surface area contributed by atoms with Gasteiger partial charge in [0.2, 0.25) is 0 Å². The van der Waals surface area contributed by atoms with E-state index in [4.69, 9.17) is 4.99 Å². The number of hydrogen-bond donors (Lipinski definition) is 1. The van der Waals surface area contributed by atoms with Gasteiger partial charge in [-0.25, -0.2) is 0 Å². The van der Waals surface area contributed by atoms with Crippen LogP contribution in [0.25, 0.3) is 0 Å². The van der Waals surface area contributed by atoms with Crippen LogP contribution in [0.4, 0.5) is 11.4 Å². The second kappa shape index (κ2) is 12.4. The highest BCUT2D eigenvalue weighted by Crippen LogP contribution is 2.58. The Morgan fingerprint density at radius 2 is 1.66 bits per heavy atom. The van der Waals surface area contributed by atoms with Crippen molar-refractivity contribution >= 4 is 24.7 Å². The third-order valence-corrected chi connectivity index (χ3v) is 10.9. The van der Waals surface area contributed by atoms with Gasteiger partial charge in [-0.1, -0.05) is 67.7 Å². The van der Waals surface area contributed by atoms with Crippen LogP contribution in [0.5, 0.6) is 0 Å². The summed E-state index contributed by atoms with van der Waals surface area (Å²) in [7, 11) is -0.192. The maximum Gasteiger partial charge on any atom is 0.0868 e. The van der Waals surface area contributed by atoms with Gasteiger partial charge < -0.3 is 5.32 Å². The zero-order chi connectivity index (χ0) is 24.3. The zero-order valence-corrected chi connectivity index (χ0v) is 23.3. The summed E-state index contributed by atoms with van der Waals surface area (Å²) in [6.45, 7) is 16.9. The van der Waals surface area contributed by atoms with Crippen LogP contribution in [-0.2, 0) is 0 Å². The molecule has 6 rings (SSSR count). The minimum atomic E-state index is -0.192. The fourth-order valence-corrected chi connectivity index (χ4v) is 8.65. The highest BCUT2D eigenvalue weighted by atomic mass is 31.1. The lowest BCUT2D eigenvalue weighted by Gasteiger charge is -2.56. The van der Waals surface area contributed by atoms with Gasteiger partial charge in [-0.2, -0.15) is 0 Å². The molecule has 0 aromatic heterocycles. The molecular formula is C31H52N3P. The Kier molecular flexibility index (Phi) is 10.0. The number of rotatable bonds is 6. The average Bonchev–Trinajstić information content (AvgIpc) is 2.83. The Bertz CT molecular complexity index is 831. The molecule has 4 unspecified atom stereocenters. The highest BCUT2D eigenvalue weighted by molar-refractivity contribution is 7.74. The number of nitrogens with one attached hydrogen (secondary N) is 1. The van der Waals surface area contributed by atoms with E-state index in [1.54, 1.807) is 12.6 Å². The van der Waals surface area contributed by atoms with Crippen molar-refractivity contribution in [3.63, 3.8) is 0 Å². The van der Waals surface area contributed by atoms with Crippen molar-refractivity contribution in [2.45, 2.75) is 98.1 Å². The van der Waals surface area contributed by atoms with E-state index >= 15 is 0 Å². The van der Waals surface area contributed by atoms with Crippen molar-refractivity contribution in [2.75, 3.05) is 25.2 Å². The van der Waals surface area contributed by atoms with Crippen LogP contribution in [0.15, 0.2) is 42.0 Å². The molecule has 1 aromatic carbocycles. The van der Waals surface area contributed by atoms with Crippen molar-refractivity contribution in [1.82, 2.24) is 4.90 Å². The second-order valence-electron chi connectivity index (χ2n) is 11.8. The lowest BCUT2D eigenvalue weighted by atomic mass is 9.49. The van der Waals surface area contributed by atoms with Crippen molar-refractivity contribution in [3.8, 4) is 0 Å². The quantitative estimate of drug-likeness (QED) is 0.313. The Morgan fingerprint density at radius 3 is 2.14 bits per heavy atom. The minimum absolute atomic E-state index is 0. The molecule has 196 valence electrons. The maximum atomic E-state index is 5.20. The standard InChI is InChI=1S/C21H32N3P.C9H16.CH4/c1-5-22-19-12-7-8-13-20(19)23-21(25(3)4)16-14-17-10-9-11-18(15-16)24(17)6-2;1-9(2)7-4-3-5-8(9)6-7;/h5,7-8,12-13,16-18,22H,1,6,9-11,14-15H2,2-4H3;7-8H,3-6H2,1-2H3;1H4. The maximum absolute atomic E-state index is 5.20. The molecule has 4 atom stereocenters. The fourth-order valence-electron chi connectivity index (χ4n) is 7.40. The third kappa shape index (κ3) is 6.22. The second-order valence-corrected chi connectivity index (χ2v) is 14.1. The van der Waals surface area contributed by atoms with Gasteiger partial charge in [0.15, 0.2) is 0 Å². The average molecular weight is 498 g/mol. The first-order valence-corrected chi connectivity index (χ1v) is 16.1. The van der Waals surface area contributed by atoms with Crippen molar-refractivity contribution in [2.24, 2.45) is 28.2 Å². The van der Waals surface area contributed by atoms with Crippen LogP contribution in [0, 0.1) is 23.2 Å². The summed E-state index contributed by atoms with van der Waals surface area (Å²) in [4.78, 5) is 7.96. The molecule has 2 heterocycles. The summed E-state index contributed by atoms with van der Waals surface area (Å²) >= 11 is 0. The first-order valence-electron chi connectivity index (χ1n) is 13.8. The summed E-state index contributed by atoms with van der Waals surface area (Å²) in [5.41, 5.74) is 4.29. The Morgan fingerprint density at radius 1 is 1.06 bits per heavy atom. The molecule has 4 heteroatoms. The van der Waals surface area contributed by atoms with Crippen LogP contribution >= 0.6 is 7.92 Å². The molecule has 4 bridgehead atoms. The summed E-state index contributed by atoms with van der Waals surface area (Å²) in [6, 6.07) is 9.86. The summed E-state index contributed by atoms with van der Waals surface area (Å²) in [6.07, 6.45) is 14.6. The molecule has 1 N–H and O–H groups in total. The number of piperidine rings is 2. The van der Waals surface area contributed by atoms with E-state index in [2.05, 4.69) is 75.2 Å². The van der Waals surface area contributed by atoms with Gasteiger partial charge in [0, 0.05) is 23.5 Å². The van der Waals surface area contributed by atoms with E-state index in [1.165, 1.54) is 63.4 Å². The predicted octanol–water partition coefficient (Wildman–Crippen LogP) is 9.14. The largest absolute Gasteiger partial charge is 0.361 e. The molecule has 5 aliphatic rings. The summed E-state index contributed by atoms with van der Waals surface area (Å²) < 4.78 is 0. The molecule has 0 spiro atoms. The van der Waals surface area contributed by atoms with Crippen molar-refractivity contribution in [1.29, 1.82) is 0 Å². The van der Waals surface area contributed by atoms with Crippen LogP contribution < -0.4 is 5.32 Å². The van der Waals surface area contributed by atoms with Gasteiger partial charge in [0.1, 0.15) is 0 Å². The molecule has 3 nitrogen and oxygen atoms in total. The van der Waals surface area contributed by atoms with E-state index in [0.29, 0.717) is 5.92 Å². The monoisotopic (exact) mass is 497 g/mol. The molecule has 1 aromatic rings. The third-order valence-electron chi connectivity index (χ3n) is 9.49. The summed E-state index contributed by atoms with van der Waals surface area (Å²) in [5, 5.41) is 3.24. The zero-order valence-electron chi connectivity index (χ0n) is 22.4. The van der Waals surface area contributed by atoms with Gasteiger partial charge in [-0.3, -0.25) is 9.89 Å². The Hall–Kier alpha value is -1.18. The van der Waals surface area contributed by atoms with Gasteiger partial charge in [0.25, 0.3) is 0 Å². The van der Waals surface area contributed by atoms with Crippen LogP contribution in [0.3, 0.4) is 0 Å². The lowest BCUT2D eigenvalue weighted by Crippen LogP contribution is -2.52. The van der Waals surface area contributed by atoms with Gasteiger partial charge in [0.05, 0.1) is 11.4 Å². The van der Waals surface area contributed by atoms with Crippen LogP contribution in [-0.4, -0.2) is 42.3 Å². The normalized spacial score (nSPS) is 31.4. The summed E-state index contributed by atoms with van der Waals surface area (Å²) in [5.74, 6) is 2.84. The van der Waals surface area contributed by atoms with Crippen LogP contribution in [0.1, 0.15) is 86.0 Å². The van der Waals surface area contributed by atoms with E-state index in [1.807, 2.05) is 0 Å². The highest BCUT2D eigenvalue weighted by Gasteiger charge is 2.49. The number of para-hydroxylation sites is 2. The molecule has 0 amide bonds. The first-order chi connectivity index (χ1) is 16.3. The number of hydrogen-bond acceptors (Lipinski definition) is 3. The number of benzene rings is 1. The van der Waals surface area contributed by atoms with Crippen LogP contribution in [0.2, 0.25) is 0 Å². The number of aliphatic imine (C=N–C) groups is 1. The van der Waals surface area contributed by atoms with E-state index < -0.39 is 0 Å². The molecule has 0 radical (unpaired) electrons. The fraction of sp³-hybridized carbons (Fsp3) is 0.710. The molecule has 2 aliphatic heterocycles. The molecule has 3 saturated carbocycles. The van der Waals surface area contributed by atoms with E-state index in [9.17, 15) is 0 Å². The van der Waals surface area contributed by atoms with Gasteiger partial charge in [-0.15, -0.1) is 0 Å². The Labute approximate surface area is 218 Å².